The summed E-state index contributed by atoms with van der Waals surface area (Å²) < 4.78 is 92.8. The SMILES string of the molecule is O=P([O-])([O-])F.O=P([O-])([O-])F.O=P([O-])([O-])F.O=P([O-])([O-])F.O=P([O-])([O-])F.[Na+].[Ti+4].[V]. The Kier molecular flexibility index (Phi) is 42.9. The van der Waals surface area contributed by atoms with Gasteiger partial charge >= 0.3 is 51.3 Å². The van der Waals surface area contributed by atoms with Crippen LogP contribution in [0.2, 0.25) is 0 Å². The molecule has 28 heavy (non-hydrogen) atoms. The Bertz CT molecular complexity index is 400. The summed E-state index contributed by atoms with van der Waals surface area (Å²) in [5, 5.41) is 0. The molecule has 0 bridgehead atoms. The summed E-state index contributed by atoms with van der Waals surface area (Å²) in [4.78, 5) is 84.4. The minimum Gasteiger partial charge on any atom is -0.786 e. The van der Waals surface area contributed by atoms with Gasteiger partial charge in [-0.25, -0.2) is 21.0 Å². The molecule has 0 N–H and O–H groups in total. The maximum absolute atomic E-state index is 10.1. The van der Waals surface area contributed by atoms with Crippen molar-refractivity contribution in [2.45, 2.75) is 0 Å². The van der Waals surface area contributed by atoms with Gasteiger partial charge in [-0.1, -0.05) is 0 Å². The van der Waals surface area contributed by atoms with E-state index in [0.29, 0.717) is 0 Å². The molecule has 0 aliphatic heterocycles. The van der Waals surface area contributed by atoms with E-state index < -0.39 is 39.5 Å². The monoisotopic (exact) mass is 612 g/mol. The second-order valence-corrected chi connectivity index (χ2v) is 6.46. The van der Waals surface area contributed by atoms with E-state index in [1.807, 2.05) is 0 Å². The molecular weight excluding hydrogens is 612 g/mol. The fraction of sp³-hybridized carbons (Fsp3) is 0. The second kappa shape index (κ2) is 22.9. The minimum atomic E-state index is -5.64. The number of hydrogen-bond donors (Lipinski definition) is 0. The Labute approximate surface area is 201 Å². The molecule has 0 fully saturated rings. The largest absolute Gasteiger partial charge is 4.00 e. The third-order valence-electron chi connectivity index (χ3n) is 0. The van der Waals surface area contributed by atoms with Gasteiger partial charge in [0.25, 0.3) is 0 Å². The van der Waals surface area contributed by atoms with Gasteiger partial charge < -0.3 is 71.8 Å². The molecule has 28 heteroatoms. The van der Waals surface area contributed by atoms with E-state index in [1.54, 1.807) is 0 Å². The summed E-state index contributed by atoms with van der Waals surface area (Å²) >= 11 is 0. The quantitative estimate of drug-likeness (QED) is 0.139. The van der Waals surface area contributed by atoms with E-state index in [9.17, 15) is 21.0 Å². The fourth-order valence-electron chi connectivity index (χ4n) is 0. The number of rotatable bonds is 0. The maximum atomic E-state index is 10.1. The van der Waals surface area contributed by atoms with Crippen LogP contribution in [0.25, 0.3) is 0 Å². The number of halogens is 5. The third-order valence-corrected chi connectivity index (χ3v) is 0. The van der Waals surface area contributed by atoms with Crippen molar-refractivity contribution in [3.05, 3.63) is 0 Å². The van der Waals surface area contributed by atoms with E-state index in [0.717, 1.165) is 0 Å². The Hall–Kier alpha value is 2.70. The van der Waals surface area contributed by atoms with E-state index in [4.69, 9.17) is 71.8 Å². The van der Waals surface area contributed by atoms with Crippen molar-refractivity contribution < 1.29 is 163 Å². The Morgan fingerprint density at radius 2 is 0.393 bits per heavy atom. The first-order chi connectivity index (χ1) is 10.0. The summed E-state index contributed by atoms with van der Waals surface area (Å²) in [7, 11) is -28.2. The first-order valence-corrected chi connectivity index (χ1v) is 10.8. The van der Waals surface area contributed by atoms with E-state index in [-0.39, 0.29) is 69.8 Å². The summed E-state index contributed by atoms with van der Waals surface area (Å²) in [5.41, 5.74) is 0. The van der Waals surface area contributed by atoms with Crippen LogP contribution in [0, 0.1) is 0 Å². The molecule has 0 atom stereocenters. The van der Waals surface area contributed by atoms with Crippen molar-refractivity contribution in [1.82, 2.24) is 0 Å². The Morgan fingerprint density at radius 1 is 0.393 bits per heavy atom. The molecular formula is F5NaO15P5TiV-5. The fourth-order valence-corrected chi connectivity index (χ4v) is 0. The van der Waals surface area contributed by atoms with Gasteiger partial charge in [0.2, 0.25) is 0 Å². The second-order valence-electron chi connectivity index (χ2n) is 2.15. The summed E-state index contributed by atoms with van der Waals surface area (Å²) in [6.07, 6.45) is 0. The molecule has 0 aromatic carbocycles. The summed E-state index contributed by atoms with van der Waals surface area (Å²) in [5.74, 6) is 0. The minimum absolute atomic E-state index is 0. The van der Waals surface area contributed by atoms with Crippen molar-refractivity contribution >= 4 is 39.5 Å². The smallest absolute Gasteiger partial charge is 0.786 e. The van der Waals surface area contributed by atoms with Crippen LogP contribution in [0.4, 0.5) is 21.0 Å². The summed E-state index contributed by atoms with van der Waals surface area (Å²) in [6.45, 7) is 0. The van der Waals surface area contributed by atoms with Gasteiger partial charge in [-0.15, -0.1) is 0 Å². The van der Waals surface area contributed by atoms with Crippen molar-refractivity contribution in [2.75, 3.05) is 0 Å². The molecule has 0 aromatic heterocycles. The predicted octanol–water partition coefficient (Wildman–Crippen LogP) is -9.08. The van der Waals surface area contributed by atoms with Gasteiger partial charge in [0, 0.05) is 18.6 Å². The van der Waals surface area contributed by atoms with Crippen LogP contribution in [0.15, 0.2) is 0 Å². The Balaban J connectivity index is -0.0000000290. The molecule has 0 amide bonds. The van der Waals surface area contributed by atoms with Crippen molar-refractivity contribution in [3.63, 3.8) is 0 Å². The standard InChI is InChI=1S/5FH2O3P.Na.Ti.V/c5*1-5(2,3)4;;;/h5*(H2,2,3,4);;;/q;;;;;+1;+4;/p-10. The van der Waals surface area contributed by atoms with Gasteiger partial charge in [0.05, 0.1) is 0 Å². The maximum Gasteiger partial charge on any atom is 4.00 e. The van der Waals surface area contributed by atoms with Crippen LogP contribution >= 0.6 is 39.5 Å². The van der Waals surface area contributed by atoms with Crippen LogP contribution < -0.4 is 78.5 Å². The van der Waals surface area contributed by atoms with Crippen molar-refractivity contribution in [2.24, 2.45) is 0 Å². The van der Waals surface area contributed by atoms with Gasteiger partial charge in [-0.05, 0) is 0 Å². The zero-order valence-corrected chi connectivity index (χ0v) is 21.6. The molecule has 0 spiro atoms. The van der Waals surface area contributed by atoms with Crippen molar-refractivity contribution in [1.29, 1.82) is 0 Å². The van der Waals surface area contributed by atoms with Crippen molar-refractivity contribution in [3.8, 4) is 0 Å². The molecule has 0 saturated carbocycles. The normalized spacial score (nSPS) is 10.5. The van der Waals surface area contributed by atoms with E-state index in [2.05, 4.69) is 0 Å². The molecule has 0 saturated heterocycles. The zero-order valence-electron chi connectivity index (χ0n) is 12.2. The Morgan fingerprint density at radius 3 is 0.393 bits per heavy atom. The van der Waals surface area contributed by atoms with Gasteiger partial charge in [-0.3, -0.25) is 0 Å². The van der Waals surface area contributed by atoms with Gasteiger partial charge in [0.15, 0.2) is 0 Å². The molecule has 0 aliphatic rings. The topological polar surface area (TPSA) is 316 Å². The van der Waals surface area contributed by atoms with Crippen LogP contribution in [0.5, 0.6) is 0 Å². The average Bonchev–Trinajstić information content (AvgIpc) is 1.79. The van der Waals surface area contributed by atoms with Crippen LogP contribution in [0.1, 0.15) is 0 Å². The van der Waals surface area contributed by atoms with E-state index >= 15 is 0 Å². The molecule has 0 unspecified atom stereocenters. The molecule has 0 aliphatic carbocycles. The predicted molar refractivity (Wildman–Crippen MR) is 43.6 cm³/mol. The van der Waals surface area contributed by atoms with Crippen LogP contribution in [0.3, 0.4) is 0 Å². The average molecular weight is 612 g/mol. The van der Waals surface area contributed by atoms with Crippen LogP contribution in [-0.2, 0) is 63.1 Å². The molecule has 1 radical (unpaired) electrons. The van der Waals surface area contributed by atoms with Gasteiger partial charge in [-0.2, -0.15) is 0 Å². The van der Waals surface area contributed by atoms with Crippen LogP contribution in [-0.4, -0.2) is 0 Å². The zero-order chi connectivity index (χ0) is 22.5. The summed E-state index contributed by atoms with van der Waals surface area (Å²) in [6, 6.07) is 0. The molecule has 0 rings (SSSR count). The first kappa shape index (κ1) is 52.6. The third kappa shape index (κ3) is 3020. The molecule has 165 valence electrons. The van der Waals surface area contributed by atoms with Gasteiger partial charge in [0.1, 0.15) is 39.5 Å². The molecule has 15 nitrogen and oxygen atoms in total. The first-order valence-electron chi connectivity index (χ1n) is 3.58. The molecule has 0 heterocycles. The molecule has 0 aromatic rings. The van der Waals surface area contributed by atoms with E-state index in [1.165, 1.54) is 0 Å². The number of hydrogen-bond acceptors (Lipinski definition) is 15.